The van der Waals surface area contributed by atoms with Crippen molar-refractivity contribution in [2.45, 2.75) is 0 Å². The molecule has 0 aliphatic heterocycles. The van der Waals surface area contributed by atoms with Crippen LogP contribution in [0.15, 0.2) is 54.6 Å². The monoisotopic (exact) mass is 368 g/mol. The van der Waals surface area contributed by atoms with Gasteiger partial charge in [0.1, 0.15) is 0 Å². The van der Waals surface area contributed by atoms with Crippen LogP contribution in [0.3, 0.4) is 0 Å². The van der Waals surface area contributed by atoms with E-state index in [9.17, 15) is 9.59 Å². The molecule has 3 aromatic rings. The third-order valence-corrected chi connectivity index (χ3v) is 4.76. The van der Waals surface area contributed by atoms with Crippen LogP contribution in [0.2, 0.25) is 0 Å². The van der Waals surface area contributed by atoms with E-state index >= 15 is 0 Å². The molecule has 6 nitrogen and oxygen atoms in total. The quantitative estimate of drug-likeness (QED) is 0.629. The van der Waals surface area contributed by atoms with Gasteiger partial charge in [0.25, 0.3) is 5.91 Å². The normalized spacial score (nSPS) is 10.5. The van der Waals surface area contributed by atoms with Crippen molar-refractivity contribution in [1.29, 1.82) is 0 Å². The number of para-hydroxylation sites is 1. The summed E-state index contributed by atoms with van der Waals surface area (Å²) in [5.74, 6) is -0.365. The van der Waals surface area contributed by atoms with E-state index in [2.05, 4.69) is 15.6 Å². The van der Waals surface area contributed by atoms with E-state index in [1.165, 1.54) is 4.90 Å². The highest BCUT2D eigenvalue weighted by molar-refractivity contribution is 7.22. The van der Waals surface area contributed by atoms with Crippen LogP contribution in [0, 0.1) is 0 Å². The van der Waals surface area contributed by atoms with Gasteiger partial charge in [-0.25, -0.2) is 4.98 Å². The number of carbonyl (C=O) groups excluding carboxylic acids is 2. The smallest absolute Gasteiger partial charge is 0.254 e. The molecule has 0 fully saturated rings. The van der Waals surface area contributed by atoms with E-state index in [0.717, 1.165) is 15.3 Å². The van der Waals surface area contributed by atoms with Crippen LogP contribution in [0.4, 0.5) is 5.13 Å². The molecule has 0 unspecified atom stereocenters. The van der Waals surface area contributed by atoms with Crippen molar-refractivity contribution in [2.75, 3.05) is 32.0 Å². The maximum atomic E-state index is 12.2. The van der Waals surface area contributed by atoms with Crippen molar-refractivity contribution in [1.82, 2.24) is 15.2 Å². The molecule has 26 heavy (non-hydrogen) atoms. The SMILES string of the molecule is CN(CC(=O)NCCNc1nc2ccccc2s1)C(=O)c1ccccc1. The van der Waals surface area contributed by atoms with E-state index in [-0.39, 0.29) is 18.4 Å². The molecule has 0 radical (unpaired) electrons. The number of likely N-dealkylation sites (N-methyl/N-ethyl adjacent to an activating group) is 1. The summed E-state index contributed by atoms with van der Waals surface area (Å²) < 4.78 is 1.13. The first-order chi connectivity index (χ1) is 12.6. The first-order valence-corrected chi connectivity index (χ1v) is 9.12. The van der Waals surface area contributed by atoms with Crippen LogP contribution in [0.25, 0.3) is 10.2 Å². The number of hydrogen-bond donors (Lipinski definition) is 2. The summed E-state index contributed by atoms with van der Waals surface area (Å²) in [6.45, 7) is 1.05. The maximum absolute atomic E-state index is 12.2. The molecule has 2 aromatic carbocycles. The minimum absolute atomic E-state index is 0.0227. The Bertz CT molecular complexity index is 862. The lowest BCUT2D eigenvalue weighted by Crippen LogP contribution is -2.39. The highest BCUT2D eigenvalue weighted by Crippen LogP contribution is 2.24. The Kier molecular flexibility index (Phi) is 5.80. The molecule has 0 aliphatic rings. The van der Waals surface area contributed by atoms with Crippen molar-refractivity contribution < 1.29 is 9.59 Å². The van der Waals surface area contributed by atoms with E-state index in [0.29, 0.717) is 18.7 Å². The molecule has 2 amide bonds. The Morgan fingerprint density at radius 1 is 1.04 bits per heavy atom. The average Bonchev–Trinajstić information content (AvgIpc) is 3.08. The summed E-state index contributed by atoms with van der Waals surface area (Å²) in [7, 11) is 1.62. The zero-order valence-corrected chi connectivity index (χ0v) is 15.3. The Hall–Kier alpha value is -2.93. The fourth-order valence-corrected chi connectivity index (χ4v) is 3.35. The van der Waals surface area contributed by atoms with E-state index in [4.69, 9.17) is 0 Å². The standard InChI is InChI=1S/C19H20N4O2S/c1-23(18(25)14-7-3-2-4-8-14)13-17(24)20-11-12-21-19-22-15-9-5-6-10-16(15)26-19/h2-10H,11-13H2,1H3,(H,20,24)(H,21,22). The first kappa shape index (κ1) is 17.9. The predicted octanol–water partition coefficient (Wildman–Crippen LogP) is 2.60. The summed E-state index contributed by atoms with van der Waals surface area (Å²) in [6, 6.07) is 16.9. The molecule has 0 bridgehead atoms. The summed E-state index contributed by atoms with van der Waals surface area (Å²) in [5, 5.41) is 6.84. The zero-order chi connectivity index (χ0) is 18.4. The molecule has 2 N–H and O–H groups in total. The molecule has 0 spiro atoms. The van der Waals surface area contributed by atoms with Crippen molar-refractivity contribution in [3.05, 3.63) is 60.2 Å². The molecule has 1 heterocycles. The number of carbonyl (C=O) groups is 2. The Balaban J connectivity index is 1.40. The number of rotatable bonds is 7. The highest BCUT2D eigenvalue weighted by atomic mass is 32.1. The first-order valence-electron chi connectivity index (χ1n) is 8.30. The largest absolute Gasteiger partial charge is 0.360 e. The molecule has 7 heteroatoms. The molecule has 0 saturated carbocycles. The van der Waals surface area contributed by atoms with Crippen LogP contribution < -0.4 is 10.6 Å². The summed E-state index contributed by atoms with van der Waals surface area (Å²) in [6.07, 6.45) is 0. The molecule has 3 rings (SSSR count). The Labute approximate surface area is 155 Å². The van der Waals surface area contributed by atoms with Crippen LogP contribution in [0.5, 0.6) is 0 Å². The molecular weight excluding hydrogens is 348 g/mol. The van der Waals surface area contributed by atoms with Crippen molar-refractivity contribution in [3.8, 4) is 0 Å². The second kappa shape index (κ2) is 8.44. The Morgan fingerprint density at radius 2 is 1.77 bits per heavy atom. The predicted molar refractivity (Wildman–Crippen MR) is 105 cm³/mol. The number of anilines is 1. The van der Waals surface area contributed by atoms with Gasteiger partial charge in [-0.05, 0) is 24.3 Å². The molecule has 1 aromatic heterocycles. The fourth-order valence-electron chi connectivity index (χ4n) is 2.46. The average molecular weight is 368 g/mol. The summed E-state index contributed by atoms with van der Waals surface area (Å²) in [4.78, 5) is 30.1. The van der Waals surface area contributed by atoms with E-state index in [1.807, 2.05) is 30.3 Å². The van der Waals surface area contributed by atoms with Gasteiger partial charge in [-0.2, -0.15) is 0 Å². The van der Waals surface area contributed by atoms with E-state index in [1.54, 1.807) is 42.6 Å². The second-order valence-electron chi connectivity index (χ2n) is 5.79. The van der Waals surface area contributed by atoms with Crippen LogP contribution >= 0.6 is 11.3 Å². The van der Waals surface area contributed by atoms with Crippen molar-refractivity contribution >= 4 is 38.5 Å². The lowest BCUT2D eigenvalue weighted by Gasteiger charge is -2.16. The van der Waals surface area contributed by atoms with Gasteiger partial charge in [0.15, 0.2) is 5.13 Å². The topological polar surface area (TPSA) is 74.3 Å². The van der Waals surface area contributed by atoms with E-state index < -0.39 is 0 Å². The number of amides is 2. The second-order valence-corrected chi connectivity index (χ2v) is 6.82. The third-order valence-electron chi connectivity index (χ3n) is 3.77. The molecule has 0 saturated heterocycles. The molecule has 0 aliphatic carbocycles. The Morgan fingerprint density at radius 3 is 2.54 bits per heavy atom. The molecular formula is C19H20N4O2S. The van der Waals surface area contributed by atoms with Crippen molar-refractivity contribution in [3.63, 3.8) is 0 Å². The minimum Gasteiger partial charge on any atom is -0.360 e. The van der Waals surface area contributed by atoms with Crippen LogP contribution in [0.1, 0.15) is 10.4 Å². The van der Waals surface area contributed by atoms with Crippen LogP contribution in [-0.2, 0) is 4.79 Å². The third kappa shape index (κ3) is 4.58. The number of benzene rings is 2. The lowest BCUT2D eigenvalue weighted by atomic mass is 10.2. The van der Waals surface area contributed by atoms with Gasteiger partial charge < -0.3 is 15.5 Å². The molecule has 0 atom stereocenters. The fraction of sp³-hybridized carbons (Fsp3) is 0.211. The van der Waals surface area contributed by atoms with Gasteiger partial charge in [0, 0.05) is 25.7 Å². The molecule has 134 valence electrons. The van der Waals surface area contributed by atoms with Crippen LogP contribution in [-0.4, -0.2) is 48.4 Å². The number of fused-ring (bicyclic) bond motifs is 1. The van der Waals surface area contributed by atoms with Gasteiger partial charge in [-0.1, -0.05) is 41.7 Å². The van der Waals surface area contributed by atoms with Gasteiger partial charge >= 0.3 is 0 Å². The summed E-state index contributed by atoms with van der Waals surface area (Å²) >= 11 is 1.58. The van der Waals surface area contributed by atoms with Crippen molar-refractivity contribution in [2.24, 2.45) is 0 Å². The zero-order valence-electron chi connectivity index (χ0n) is 14.4. The number of aromatic nitrogens is 1. The lowest BCUT2D eigenvalue weighted by molar-refractivity contribution is -0.121. The minimum atomic E-state index is -0.192. The van der Waals surface area contributed by atoms with Gasteiger partial charge in [0.2, 0.25) is 5.91 Å². The van der Waals surface area contributed by atoms with Gasteiger partial charge in [-0.15, -0.1) is 0 Å². The number of nitrogens with one attached hydrogen (secondary N) is 2. The maximum Gasteiger partial charge on any atom is 0.254 e. The van der Waals surface area contributed by atoms with Gasteiger partial charge in [0.05, 0.1) is 16.8 Å². The highest BCUT2D eigenvalue weighted by Gasteiger charge is 2.14. The van der Waals surface area contributed by atoms with Gasteiger partial charge in [-0.3, -0.25) is 9.59 Å². The number of hydrogen-bond acceptors (Lipinski definition) is 5. The number of thiazole rings is 1. The number of nitrogens with zero attached hydrogens (tertiary/aromatic N) is 2. The summed E-state index contributed by atoms with van der Waals surface area (Å²) in [5.41, 5.74) is 1.53.